The molecule has 2 fully saturated rings. The van der Waals surface area contributed by atoms with E-state index in [-0.39, 0.29) is 19.4 Å². The standard InChI is InChI=1S/C23H31NO6/c1-2-9-24-10-8-22-19-15-4-5-17(29-14-28-12-3-11-25)20(19)30-21(22)16(26)6-7-23(22,27)18(24)13-15/h2,4-5,16,18,21,25-27H,1,3,6-14H2/t16-,18+,21-,22-,23+/m0/s1. The minimum absolute atomic E-state index is 0.0186. The number of hydrogen-bond donors (Lipinski definition) is 3. The minimum Gasteiger partial charge on any atom is -0.482 e. The number of likely N-dealkylation sites (tertiary alicyclic amines) is 1. The van der Waals surface area contributed by atoms with Gasteiger partial charge in [-0.15, -0.1) is 6.58 Å². The van der Waals surface area contributed by atoms with Gasteiger partial charge in [-0.25, -0.2) is 0 Å². The first kappa shape index (κ1) is 20.3. The van der Waals surface area contributed by atoms with Gasteiger partial charge in [-0.1, -0.05) is 12.1 Å². The van der Waals surface area contributed by atoms with Crippen LogP contribution in [0.25, 0.3) is 0 Å². The molecule has 1 aromatic carbocycles. The first-order valence-corrected chi connectivity index (χ1v) is 11.0. The van der Waals surface area contributed by atoms with Gasteiger partial charge < -0.3 is 29.5 Å². The lowest BCUT2D eigenvalue weighted by atomic mass is 9.48. The minimum atomic E-state index is -0.952. The average Bonchev–Trinajstić information content (AvgIpc) is 3.09. The van der Waals surface area contributed by atoms with Crippen molar-refractivity contribution >= 4 is 0 Å². The lowest BCUT2D eigenvalue weighted by molar-refractivity contribution is -0.206. The maximum absolute atomic E-state index is 12.1. The van der Waals surface area contributed by atoms with E-state index >= 15 is 0 Å². The summed E-state index contributed by atoms with van der Waals surface area (Å²) in [5, 5.41) is 31.9. The molecule has 2 heterocycles. The Labute approximate surface area is 176 Å². The monoisotopic (exact) mass is 417 g/mol. The van der Waals surface area contributed by atoms with Crippen molar-refractivity contribution in [2.75, 3.05) is 33.1 Å². The van der Waals surface area contributed by atoms with Gasteiger partial charge in [-0.05, 0) is 50.3 Å². The molecule has 1 saturated carbocycles. The average molecular weight is 418 g/mol. The Morgan fingerprint density at radius 1 is 1.33 bits per heavy atom. The highest BCUT2D eigenvalue weighted by Crippen LogP contribution is 2.65. The number of rotatable bonds is 8. The van der Waals surface area contributed by atoms with Gasteiger partial charge in [0, 0.05) is 24.8 Å². The number of piperidine rings is 1. The molecule has 4 aliphatic rings. The van der Waals surface area contributed by atoms with Crippen LogP contribution in [0.3, 0.4) is 0 Å². The van der Waals surface area contributed by atoms with Crippen LogP contribution in [0.1, 0.15) is 36.8 Å². The van der Waals surface area contributed by atoms with Crippen molar-refractivity contribution in [3.8, 4) is 11.5 Å². The summed E-state index contributed by atoms with van der Waals surface area (Å²) in [5.74, 6) is 1.24. The topological polar surface area (TPSA) is 91.6 Å². The first-order valence-electron chi connectivity index (χ1n) is 11.0. The maximum Gasteiger partial charge on any atom is 0.189 e. The molecule has 30 heavy (non-hydrogen) atoms. The summed E-state index contributed by atoms with van der Waals surface area (Å²) in [7, 11) is 0. The van der Waals surface area contributed by atoms with Crippen molar-refractivity contribution in [2.24, 2.45) is 0 Å². The molecule has 0 unspecified atom stereocenters. The summed E-state index contributed by atoms with van der Waals surface area (Å²) in [6.45, 7) is 6.04. The summed E-state index contributed by atoms with van der Waals surface area (Å²) in [6.07, 6.45) is 3.91. The molecular weight excluding hydrogens is 386 g/mol. The van der Waals surface area contributed by atoms with Gasteiger partial charge in [-0.3, -0.25) is 4.90 Å². The molecule has 0 aromatic heterocycles. The van der Waals surface area contributed by atoms with E-state index in [1.807, 2.05) is 12.1 Å². The van der Waals surface area contributed by atoms with Crippen LogP contribution in [0.4, 0.5) is 0 Å². The van der Waals surface area contributed by atoms with Gasteiger partial charge in [0.1, 0.15) is 6.10 Å². The number of hydrogen-bond acceptors (Lipinski definition) is 7. The molecule has 2 aliphatic heterocycles. The van der Waals surface area contributed by atoms with Gasteiger partial charge in [0.2, 0.25) is 0 Å². The van der Waals surface area contributed by atoms with E-state index in [1.54, 1.807) is 0 Å². The summed E-state index contributed by atoms with van der Waals surface area (Å²) in [4.78, 5) is 2.33. The van der Waals surface area contributed by atoms with Crippen LogP contribution in [0.2, 0.25) is 0 Å². The van der Waals surface area contributed by atoms with E-state index in [0.717, 1.165) is 31.5 Å². The van der Waals surface area contributed by atoms with Crippen LogP contribution in [-0.4, -0.2) is 77.2 Å². The van der Waals surface area contributed by atoms with Crippen molar-refractivity contribution in [3.63, 3.8) is 0 Å². The smallest absolute Gasteiger partial charge is 0.189 e. The first-order chi connectivity index (χ1) is 14.6. The van der Waals surface area contributed by atoms with Crippen molar-refractivity contribution in [3.05, 3.63) is 35.9 Å². The normalized spacial score (nSPS) is 36.2. The second-order valence-corrected chi connectivity index (χ2v) is 8.97. The number of aliphatic hydroxyl groups is 3. The molecule has 1 spiro atoms. The van der Waals surface area contributed by atoms with Crippen molar-refractivity contribution in [1.82, 2.24) is 4.90 Å². The van der Waals surface area contributed by atoms with Gasteiger partial charge in [0.25, 0.3) is 0 Å². The molecule has 0 radical (unpaired) electrons. The van der Waals surface area contributed by atoms with Crippen LogP contribution < -0.4 is 9.47 Å². The maximum atomic E-state index is 12.1. The number of benzene rings is 1. The molecule has 164 valence electrons. The van der Waals surface area contributed by atoms with Crippen LogP contribution in [-0.2, 0) is 16.6 Å². The highest BCUT2D eigenvalue weighted by atomic mass is 16.7. The largest absolute Gasteiger partial charge is 0.482 e. The van der Waals surface area contributed by atoms with Gasteiger partial charge >= 0.3 is 0 Å². The molecule has 5 atom stereocenters. The Kier molecular flexibility index (Phi) is 5.07. The van der Waals surface area contributed by atoms with E-state index in [1.165, 1.54) is 5.56 Å². The summed E-state index contributed by atoms with van der Waals surface area (Å²) >= 11 is 0. The van der Waals surface area contributed by atoms with Crippen molar-refractivity contribution in [1.29, 1.82) is 0 Å². The molecule has 0 amide bonds. The molecular formula is C23H31NO6. The van der Waals surface area contributed by atoms with E-state index in [4.69, 9.17) is 19.3 Å². The fraction of sp³-hybridized carbons (Fsp3) is 0.652. The Morgan fingerprint density at radius 2 is 2.20 bits per heavy atom. The number of ether oxygens (including phenoxy) is 3. The van der Waals surface area contributed by atoms with Crippen molar-refractivity contribution < 1.29 is 29.5 Å². The lowest BCUT2D eigenvalue weighted by Crippen LogP contribution is -2.77. The third-order valence-corrected chi connectivity index (χ3v) is 7.63. The summed E-state index contributed by atoms with van der Waals surface area (Å²) in [5.41, 5.74) is 0.620. The lowest BCUT2D eigenvalue weighted by Gasteiger charge is -2.63. The number of nitrogens with zero attached hydrogens (tertiary/aromatic N) is 1. The third kappa shape index (κ3) is 2.63. The zero-order chi connectivity index (χ0) is 20.9. The van der Waals surface area contributed by atoms with E-state index in [9.17, 15) is 10.2 Å². The molecule has 2 aliphatic carbocycles. The molecule has 1 saturated heterocycles. The quantitative estimate of drug-likeness (QED) is 0.332. The molecule has 2 bridgehead atoms. The van der Waals surface area contributed by atoms with Gasteiger partial charge in [0.05, 0.1) is 23.7 Å². The fourth-order valence-corrected chi connectivity index (χ4v) is 6.42. The zero-order valence-corrected chi connectivity index (χ0v) is 17.3. The Hall–Kier alpha value is -1.64. The highest BCUT2D eigenvalue weighted by molar-refractivity contribution is 5.63. The number of aliphatic hydroxyl groups excluding tert-OH is 2. The molecule has 7 nitrogen and oxygen atoms in total. The van der Waals surface area contributed by atoms with Crippen LogP contribution in [0, 0.1) is 0 Å². The Bertz CT molecular complexity index is 830. The second-order valence-electron chi connectivity index (χ2n) is 8.97. The van der Waals surface area contributed by atoms with Gasteiger partial charge in [0.15, 0.2) is 18.3 Å². The SMILES string of the molecule is C=CCN1CC[C@]23c4c5ccc(OCOCCCO)c4O[C@H]2[C@@H](O)CC[C@@]3(O)[C@H]1C5. The Balaban J connectivity index is 1.54. The summed E-state index contributed by atoms with van der Waals surface area (Å²) in [6, 6.07) is 3.96. The van der Waals surface area contributed by atoms with Crippen LogP contribution >= 0.6 is 0 Å². The summed E-state index contributed by atoms with van der Waals surface area (Å²) < 4.78 is 17.7. The van der Waals surface area contributed by atoms with E-state index in [2.05, 4.69) is 17.5 Å². The predicted octanol–water partition coefficient (Wildman–Crippen LogP) is 1.12. The molecule has 5 rings (SSSR count). The molecule has 1 aromatic rings. The van der Waals surface area contributed by atoms with Crippen molar-refractivity contribution in [2.45, 2.75) is 61.4 Å². The van der Waals surface area contributed by atoms with Crippen LogP contribution in [0.5, 0.6) is 11.5 Å². The van der Waals surface area contributed by atoms with E-state index in [0.29, 0.717) is 37.4 Å². The highest BCUT2D eigenvalue weighted by Gasteiger charge is 2.72. The third-order valence-electron chi connectivity index (χ3n) is 7.63. The second kappa shape index (κ2) is 7.50. The Morgan fingerprint density at radius 3 is 3.00 bits per heavy atom. The van der Waals surface area contributed by atoms with Crippen LogP contribution in [0.15, 0.2) is 24.8 Å². The molecule has 3 N–H and O–H groups in total. The van der Waals surface area contributed by atoms with Gasteiger partial charge in [-0.2, -0.15) is 0 Å². The fourth-order valence-electron chi connectivity index (χ4n) is 6.42. The molecule has 7 heteroatoms. The predicted molar refractivity (Wildman–Crippen MR) is 110 cm³/mol. The zero-order valence-electron chi connectivity index (χ0n) is 17.3. The van der Waals surface area contributed by atoms with E-state index < -0.39 is 23.2 Å².